The quantitative estimate of drug-likeness (QED) is 0.714. The highest BCUT2D eigenvalue weighted by molar-refractivity contribution is 6.04. The summed E-state index contributed by atoms with van der Waals surface area (Å²) < 4.78 is 4.99. The van der Waals surface area contributed by atoms with Crippen LogP contribution in [-0.4, -0.2) is 33.9 Å². The lowest BCUT2D eigenvalue weighted by Crippen LogP contribution is -2.30. The predicted molar refractivity (Wildman–Crippen MR) is 108 cm³/mol. The molecule has 3 amide bonds. The van der Waals surface area contributed by atoms with Gasteiger partial charge in [0.25, 0.3) is 5.91 Å². The van der Waals surface area contributed by atoms with E-state index in [0.717, 1.165) is 11.1 Å². The average molecular weight is 389 g/mol. The molecule has 4 rings (SSSR count). The Labute approximate surface area is 167 Å². The van der Waals surface area contributed by atoms with E-state index >= 15 is 0 Å². The Morgan fingerprint density at radius 2 is 1.69 bits per heavy atom. The van der Waals surface area contributed by atoms with E-state index in [0.29, 0.717) is 35.9 Å². The number of pyridine rings is 2. The first-order valence-corrected chi connectivity index (χ1v) is 9.01. The summed E-state index contributed by atoms with van der Waals surface area (Å²) in [6, 6.07) is 11.8. The molecular weight excluding hydrogens is 370 g/mol. The van der Waals surface area contributed by atoms with Crippen LogP contribution in [0.1, 0.15) is 21.5 Å². The first kappa shape index (κ1) is 18.4. The second-order valence-corrected chi connectivity index (χ2v) is 6.55. The Bertz CT molecular complexity index is 1010. The summed E-state index contributed by atoms with van der Waals surface area (Å²) in [4.78, 5) is 34.7. The fourth-order valence-electron chi connectivity index (χ4n) is 3.05. The zero-order chi connectivity index (χ0) is 20.2. The molecule has 8 nitrogen and oxygen atoms in total. The number of benzene rings is 1. The number of rotatable bonds is 4. The number of hydrogen-bond acceptors (Lipinski definition) is 5. The van der Waals surface area contributed by atoms with E-state index in [2.05, 4.69) is 20.6 Å². The molecule has 1 aromatic carbocycles. The number of aromatic nitrogens is 2. The molecule has 146 valence electrons. The number of carbonyl (C=O) groups excluding carboxylic acids is 2. The number of ether oxygens (including phenoxy) is 1. The fraction of sp³-hybridized carbons (Fsp3) is 0.143. The number of nitrogens with zero attached hydrogens (tertiary/aromatic N) is 3. The molecule has 0 saturated heterocycles. The highest BCUT2D eigenvalue weighted by Crippen LogP contribution is 2.22. The molecule has 1 aliphatic heterocycles. The van der Waals surface area contributed by atoms with Gasteiger partial charge < -0.3 is 20.3 Å². The molecule has 2 aromatic heterocycles. The molecule has 0 atom stereocenters. The maximum Gasteiger partial charge on any atom is 0.322 e. The van der Waals surface area contributed by atoms with E-state index < -0.39 is 0 Å². The van der Waals surface area contributed by atoms with Crippen molar-refractivity contribution in [2.24, 2.45) is 0 Å². The van der Waals surface area contributed by atoms with Crippen LogP contribution in [0, 0.1) is 0 Å². The maximum absolute atomic E-state index is 12.5. The SMILES string of the molecule is COc1ccc(NC(=O)c2ccc(NC(=O)N3Cc4ccncc4C3)cc2)cn1. The Hall–Kier alpha value is -3.94. The molecule has 1 aliphatic rings. The lowest BCUT2D eigenvalue weighted by atomic mass is 10.2. The van der Waals surface area contributed by atoms with Crippen molar-refractivity contribution in [3.05, 3.63) is 77.7 Å². The number of urea groups is 1. The Morgan fingerprint density at radius 1 is 0.931 bits per heavy atom. The van der Waals surface area contributed by atoms with E-state index in [-0.39, 0.29) is 11.9 Å². The molecule has 3 heterocycles. The van der Waals surface area contributed by atoms with Gasteiger partial charge in [0.1, 0.15) is 0 Å². The minimum absolute atomic E-state index is 0.192. The van der Waals surface area contributed by atoms with Gasteiger partial charge in [-0.1, -0.05) is 0 Å². The smallest absolute Gasteiger partial charge is 0.322 e. The van der Waals surface area contributed by atoms with Gasteiger partial charge in [-0.25, -0.2) is 9.78 Å². The highest BCUT2D eigenvalue weighted by atomic mass is 16.5. The number of hydrogen-bond donors (Lipinski definition) is 2. The summed E-state index contributed by atoms with van der Waals surface area (Å²) in [5.74, 6) is 0.206. The van der Waals surface area contributed by atoms with E-state index in [1.807, 2.05) is 6.07 Å². The van der Waals surface area contributed by atoms with Crippen LogP contribution in [0.3, 0.4) is 0 Å². The zero-order valence-corrected chi connectivity index (χ0v) is 15.8. The lowest BCUT2D eigenvalue weighted by molar-refractivity contribution is 0.102. The van der Waals surface area contributed by atoms with Crippen molar-refractivity contribution in [2.45, 2.75) is 13.1 Å². The molecule has 0 spiro atoms. The number of amides is 3. The van der Waals surface area contributed by atoms with Crippen molar-refractivity contribution in [3.63, 3.8) is 0 Å². The van der Waals surface area contributed by atoms with Crippen molar-refractivity contribution in [1.29, 1.82) is 0 Å². The third-order valence-electron chi connectivity index (χ3n) is 4.62. The summed E-state index contributed by atoms with van der Waals surface area (Å²) in [5, 5.41) is 5.62. The van der Waals surface area contributed by atoms with Crippen molar-refractivity contribution in [3.8, 4) is 5.88 Å². The van der Waals surface area contributed by atoms with E-state index in [4.69, 9.17) is 4.74 Å². The van der Waals surface area contributed by atoms with Gasteiger partial charge in [-0.05, 0) is 47.5 Å². The Balaban J connectivity index is 1.35. The molecule has 0 saturated carbocycles. The van der Waals surface area contributed by atoms with Gasteiger partial charge in [0, 0.05) is 42.8 Å². The zero-order valence-electron chi connectivity index (χ0n) is 15.8. The van der Waals surface area contributed by atoms with Crippen molar-refractivity contribution in [2.75, 3.05) is 17.7 Å². The third kappa shape index (κ3) is 4.16. The first-order valence-electron chi connectivity index (χ1n) is 9.01. The van der Waals surface area contributed by atoms with Gasteiger partial charge in [0.15, 0.2) is 0 Å². The first-order chi connectivity index (χ1) is 14.1. The second-order valence-electron chi connectivity index (χ2n) is 6.55. The number of carbonyl (C=O) groups is 2. The molecule has 8 heteroatoms. The molecule has 0 bridgehead atoms. The monoisotopic (exact) mass is 389 g/mol. The molecule has 0 radical (unpaired) electrons. The average Bonchev–Trinajstić information content (AvgIpc) is 3.19. The van der Waals surface area contributed by atoms with Crippen LogP contribution >= 0.6 is 0 Å². The molecule has 3 aromatic rings. The molecule has 0 fully saturated rings. The van der Waals surface area contributed by atoms with Crippen LogP contribution < -0.4 is 15.4 Å². The summed E-state index contributed by atoms with van der Waals surface area (Å²) in [7, 11) is 1.53. The van der Waals surface area contributed by atoms with Gasteiger partial charge in [-0.2, -0.15) is 0 Å². The number of methoxy groups -OCH3 is 1. The summed E-state index contributed by atoms with van der Waals surface area (Å²) >= 11 is 0. The van der Waals surface area contributed by atoms with Gasteiger partial charge in [-0.3, -0.25) is 9.78 Å². The summed E-state index contributed by atoms with van der Waals surface area (Å²) in [5.41, 5.74) is 3.82. The molecular formula is C21H19N5O3. The molecule has 2 N–H and O–H groups in total. The standard InChI is InChI=1S/C21H19N5O3/c1-29-19-7-6-18(11-23-19)24-20(27)14-2-4-17(5-3-14)25-21(28)26-12-15-8-9-22-10-16(15)13-26/h2-11H,12-13H2,1H3,(H,24,27)(H,25,28). The van der Waals surface area contributed by atoms with E-state index in [1.165, 1.54) is 13.3 Å². The van der Waals surface area contributed by atoms with Crippen LogP contribution in [0.2, 0.25) is 0 Å². The summed E-state index contributed by atoms with van der Waals surface area (Å²) in [6.45, 7) is 1.09. The van der Waals surface area contributed by atoms with Gasteiger partial charge >= 0.3 is 6.03 Å². The highest BCUT2D eigenvalue weighted by Gasteiger charge is 2.23. The maximum atomic E-state index is 12.5. The van der Waals surface area contributed by atoms with Crippen molar-refractivity contribution >= 4 is 23.3 Å². The largest absolute Gasteiger partial charge is 0.481 e. The predicted octanol–water partition coefficient (Wildman–Crippen LogP) is 3.29. The van der Waals surface area contributed by atoms with Gasteiger partial charge in [-0.15, -0.1) is 0 Å². The van der Waals surface area contributed by atoms with E-state index in [1.54, 1.807) is 53.7 Å². The van der Waals surface area contributed by atoms with Crippen molar-refractivity contribution in [1.82, 2.24) is 14.9 Å². The lowest BCUT2D eigenvalue weighted by Gasteiger charge is -2.16. The third-order valence-corrected chi connectivity index (χ3v) is 4.62. The molecule has 29 heavy (non-hydrogen) atoms. The van der Waals surface area contributed by atoms with Gasteiger partial charge in [0.2, 0.25) is 5.88 Å². The fourth-order valence-corrected chi connectivity index (χ4v) is 3.05. The number of anilines is 2. The minimum atomic E-state index is -0.266. The molecule has 0 aliphatic carbocycles. The number of fused-ring (bicyclic) bond motifs is 1. The van der Waals surface area contributed by atoms with Crippen LogP contribution in [0.15, 0.2) is 61.1 Å². The summed E-state index contributed by atoms with van der Waals surface area (Å²) in [6.07, 6.45) is 5.04. The van der Waals surface area contributed by atoms with Crippen molar-refractivity contribution < 1.29 is 14.3 Å². The number of nitrogens with one attached hydrogen (secondary N) is 2. The molecule has 0 unspecified atom stereocenters. The van der Waals surface area contributed by atoms with Crippen LogP contribution in [0.25, 0.3) is 0 Å². The topological polar surface area (TPSA) is 96.5 Å². The Morgan fingerprint density at radius 3 is 2.38 bits per heavy atom. The van der Waals surface area contributed by atoms with E-state index in [9.17, 15) is 9.59 Å². The Kier molecular flexibility index (Phi) is 5.07. The normalized spacial score (nSPS) is 12.2. The van der Waals surface area contributed by atoms with Crippen LogP contribution in [0.5, 0.6) is 5.88 Å². The van der Waals surface area contributed by atoms with Crippen LogP contribution in [-0.2, 0) is 13.1 Å². The van der Waals surface area contributed by atoms with Crippen LogP contribution in [0.4, 0.5) is 16.2 Å². The second kappa shape index (κ2) is 7.97. The van der Waals surface area contributed by atoms with Gasteiger partial charge in [0.05, 0.1) is 19.0 Å². The minimum Gasteiger partial charge on any atom is -0.481 e.